The second-order valence-electron chi connectivity index (χ2n) is 2.54. The highest BCUT2D eigenvalue weighted by Crippen LogP contribution is 2.07. The number of benzene rings is 1. The Morgan fingerprint density at radius 2 is 1.92 bits per heavy atom. The molecule has 0 aliphatic carbocycles. The first kappa shape index (κ1) is 9.26. The monoisotopic (exact) mass is 173 g/mol. The van der Waals surface area contributed by atoms with Crippen molar-refractivity contribution in [2.75, 3.05) is 0 Å². The molecule has 2 nitrogen and oxygen atoms in total. The number of nitrogens with one attached hydrogen (secondary N) is 1. The molecular formula is C11H11NO. The molecule has 0 aliphatic rings. The van der Waals surface area contributed by atoms with Gasteiger partial charge in [0, 0.05) is 5.70 Å². The molecule has 1 N–H and O–H groups in total. The van der Waals surface area contributed by atoms with Crippen molar-refractivity contribution < 1.29 is 4.79 Å². The second-order valence-corrected chi connectivity index (χ2v) is 2.54. The van der Waals surface area contributed by atoms with Crippen molar-refractivity contribution in [2.24, 2.45) is 0 Å². The van der Waals surface area contributed by atoms with E-state index in [0.717, 1.165) is 5.56 Å². The normalized spacial score (nSPS) is 8.92. The smallest absolute Gasteiger partial charge is 0.247 e. The minimum absolute atomic E-state index is 0.242. The first-order valence-electron chi connectivity index (χ1n) is 3.92. The van der Waals surface area contributed by atoms with Gasteiger partial charge in [0.1, 0.15) is 0 Å². The fraction of sp³-hybridized carbons (Fsp3) is 0. The lowest BCUT2D eigenvalue weighted by Crippen LogP contribution is -2.18. The van der Waals surface area contributed by atoms with Crippen LogP contribution in [0.3, 0.4) is 0 Å². The Labute approximate surface area is 77.6 Å². The molecule has 0 bridgehead atoms. The Morgan fingerprint density at radius 1 is 1.31 bits per heavy atom. The van der Waals surface area contributed by atoms with Crippen LogP contribution in [-0.2, 0) is 4.79 Å². The van der Waals surface area contributed by atoms with Gasteiger partial charge >= 0.3 is 0 Å². The van der Waals surface area contributed by atoms with Crippen LogP contribution in [-0.4, -0.2) is 5.91 Å². The predicted molar refractivity (Wildman–Crippen MR) is 53.8 cm³/mol. The van der Waals surface area contributed by atoms with Crippen molar-refractivity contribution in [3.8, 4) is 0 Å². The lowest BCUT2D eigenvalue weighted by molar-refractivity contribution is -0.115. The molecule has 0 atom stereocenters. The quantitative estimate of drug-likeness (QED) is 0.695. The van der Waals surface area contributed by atoms with Gasteiger partial charge in [-0.25, -0.2) is 0 Å². The Morgan fingerprint density at radius 3 is 2.46 bits per heavy atom. The van der Waals surface area contributed by atoms with E-state index >= 15 is 0 Å². The van der Waals surface area contributed by atoms with Gasteiger partial charge in [0.2, 0.25) is 5.91 Å². The minimum atomic E-state index is -0.242. The lowest BCUT2D eigenvalue weighted by atomic mass is 10.2. The summed E-state index contributed by atoms with van der Waals surface area (Å²) in [7, 11) is 0. The van der Waals surface area contributed by atoms with Crippen LogP contribution in [0.1, 0.15) is 5.56 Å². The van der Waals surface area contributed by atoms with Crippen LogP contribution in [0.2, 0.25) is 0 Å². The largest absolute Gasteiger partial charge is 0.323 e. The van der Waals surface area contributed by atoms with E-state index in [1.165, 1.54) is 6.08 Å². The van der Waals surface area contributed by atoms with Crippen molar-refractivity contribution >= 4 is 11.6 Å². The van der Waals surface area contributed by atoms with Gasteiger partial charge in [-0.2, -0.15) is 0 Å². The predicted octanol–water partition coefficient (Wildman–Crippen LogP) is 1.96. The summed E-state index contributed by atoms with van der Waals surface area (Å²) in [6.45, 7) is 7.09. The first-order valence-corrected chi connectivity index (χ1v) is 3.92. The molecule has 1 aromatic rings. The summed E-state index contributed by atoms with van der Waals surface area (Å²) in [5.74, 6) is -0.242. The maximum atomic E-state index is 10.9. The summed E-state index contributed by atoms with van der Waals surface area (Å²) in [5, 5.41) is 2.59. The molecule has 0 aliphatic heterocycles. The number of amides is 1. The summed E-state index contributed by atoms with van der Waals surface area (Å²) in [4.78, 5) is 10.9. The number of carbonyl (C=O) groups excluding carboxylic acids is 1. The summed E-state index contributed by atoms with van der Waals surface area (Å²) in [6.07, 6.45) is 1.22. The van der Waals surface area contributed by atoms with Gasteiger partial charge in [0.15, 0.2) is 0 Å². The Hall–Kier alpha value is -1.83. The maximum Gasteiger partial charge on any atom is 0.247 e. The van der Waals surface area contributed by atoms with Gasteiger partial charge in [-0.15, -0.1) is 0 Å². The topological polar surface area (TPSA) is 29.1 Å². The molecule has 1 amide bonds. The van der Waals surface area contributed by atoms with Crippen LogP contribution in [0, 0.1) is 0 Å². The average molecular weight is 173 g/mol. The molecule has 0 unspecified atom stereocenters. The van der Waals surface area contributed by atoms with Gasteiger partial charge < -0.3 is 5.32 Å². The Kier molecular flexibility index (Phi) is 3.03. The zero-order valence-electron chi connectivity index (χ0n) is 7.29. The van der Waals surface area contributed by atoms with E-state index in [1.807, 2.05) is 30.3 Å². The van der Waals surface area contributed by atoms with Gasteiger partial charge in [-0.05, 0) is 11.6 Å². The summed E-state index contributed by atoms with van der Waals surface area (Å²) in [5.41, 5.74) is 1.49. The average Bonchev–Trinajstić information content (AvgIpc) is 2.19. The van der Waals surface area contributed by atoms with Crippen molar-refractivity contribution in [1.29, 1.82) is 0 Å². The molecular weight excluding hydrogens is 162 g/mol. The Bertz CT molecular complexity index is 327. The number of rotatable bonds is 3. The van der Waals surface area contributed by atoms with E-state index in [0.29, 0.717) is 5.70 Å². The third kappa shape index (κ3) is 2.60. The van der Waals surface area contributed by atoms with Gasteiger partial charge in [-0.3, -0.25) is 4.79 Å². The van der Waals surface area contributed by atoms with Crippen LogP contribution in [0.25, 0.3) is 5.70 Å². The van der Waals surface area contributed by atoms with E-state index in [4.69, 9.17) is 0 Å². The molecule has 2 heteroatoms. The summed E-state index contributed by atoms with van der Waals surface area (Å²) < 4.78 is 0. The number of carbonyl (C=O) groups is 1. The highest BCUT2D eigenvalue weighted by atomic mass is 16.1. The molecule has 1 aromatic carbocycles. The third-order valence-electron chi connectivity index (χ3n) is 1.58. The second kappa shape index (κ2) is 4.26. The van der Waals surface area contributed by atoms with Crippen molar-refractivity contribution in [3.63, 3.8) is 0 Å². The fourth-order valence-electron chi connectivity index (χ4n) is 0.911. The zero-order chi connectivity index (χ0) is 9.68. The molecule has 0 heterocycles. The minimum Gasteiger partial charge on any atom is -0.323 e. The maximum absolute atomic E-state index is 10.9. The van der Waals surface area contributed by atoms with Crippen molar-refractivity contribution in [2.45, 2.75) is 0 Å². The molecule has 0 radical (unpaired) electrons. The van der Waals surface area contributed by atoms with E-state index in [2.05, 4.69) is 18.5 Å². The summed E-state index contributed by atoms with van der Waals surface area (Å²) >= 11 is 0. The Balaban J connectivity index is 2.70. The van der Waals surface area contributed by atoms with E-state index in [1.54, 1.807) is 0 Å². The molecule has 0 spiro atoms. The fourth-order valence-corrected chi connectivity index (χ4v) is 0.911. The molecule has 0 saturated carbocycles. The van der Waals surface area contributed by atoms with Gasteiger partial charge in [-0.1, -0.05) is 43.5 Å². The van der Waals surface area contributed by atoms with Gasteiger partial charge in [0.25, 0.3) is 0 Å². The molecule has 66 valence electrons. The summed E-state index contributed by atoms with van der Waals surface area (Å²) in [6, 6.07) is 9.45. The lowest BCUT2D eigenvalue weighted by Gasteiger charge is -2.05. The molecule has 1 rings (SSSR count). The van der Waals surface area contributed by atoms with Crippen molar-refractivity contribution in [3.05, 3.63) is 55.1 Å². The van der Waals surface area contributed by atoms with Crippen LogP contribution < -0.4 is 5.32 Å². The van der Waals surface area contributed by atoms with E-state index in [-0.39, 0.29) is 5.91 Å². The molecule has 0 saturated heterocycles. The molecule has 0 fully saturated rings. The highest BCUT2D eigenvalue weighted by molar-refractivity contribution is 5.93. The number of hydrogen-bond acceptors (Lipinski definition) is 1. The first-order chi connectivity index (χ1) is 6.24. The van der Waals surface area contributed by atoms with E-state index in [9.17, 15) is 4.79 Å². The van der Waals surface area contributed by atoms with Crippen LogP contribution >= 0.6 is 0 Å². The SMILES string of the molecule is C=CC(=O)NC(=C)c1ccccc1. The standard InChI is InChI=1S/C11H11NO/c1-3-11(13)12-9(2)10-7-5-4-6-8-10/h3-8H,1-2H2,(H,12,13). The molecule has 0 aromatic heterocycles. The highest BCUT2D eigenvalue weighted by Gasteiger charge is 1.99. The van der Waals surface area contributed by atoms with Crippen LogP contribution in [0.4, 0.5) is 0 Å². The van der Waals surface area contributed by atoms with Gasteiger partial charge in [0.05, 0.1) is 0 Å². The number of hydrogen-bond donors (Lipinski definition) is 1. The third-order valence-corrected chi connectivity index (χ3v) is 1.58. The van der Waals surface area contributed by atoms with Crippen LogP contribution in [0.15, 0.2) is 49.6 Å². The van der Waals surface area contributed by atoms with Crippen LogP contribution in [0.5, 0.6) is 0 Å². The van der Waals surface area contributed by atoms with E-state index < -0.39 is 0 Å². The molecule has 13 heavy (non-hydrogen) atoms. The zero-order valence-corrected chi connectivity index (χ0v) is 7.29. The van der Waals surface area contributed by atoms with Crippen molar-refractivity contribution in [1.82, 2.24) is 5.32 Å².